The first-order chi connectivity index (χ1) is 6.56. The maximum atomic E-state index is 12.7. The average Bonchev–Trinajstić information content (AvgIpc) is 2.09. The predicted molar refractivity (Wildman–Crippen MR) is 49.6 cm³/mol. The Kier molecular flexibility index (Phi) is 3.06. The Balaban J connectivity index is 3.10. The summed E-state index contributed by atoms with van der Waals surface area (Å²) in [6.45, 7) is 3.64. The summed E-state index contributed by atoms with van der Waals surface area (Å²) in [5.74, 6) is -0.374. The molecule has 0 spiro atoms. The molecule has 3 nitrogen and oxygen atoms in total. The van der Waals surface area contributed by atoms with Crippen LogP contribution < -0.4 is 10.0 Å². The molecule has 0 N–H and O–H groups in total. The third-order valence-electron chi connectivity index (χ3n) is 1.99. The Labute approximate surface area is 81.8 Å². The van der Waals surface area contributed by atoms with Gasteiger partial charge in [-0.1, -0.05) is 0 Å². The lowest BCUT2D eigenvalue weighted by Crippen LogP contribution is -2.41. The van der Waals surface area contributed by atoms with Crippen molar-refractivity contribution in [2.24, 2.45) is 0 Å². The molecule has 1 aromatic carbocycles. The number of rotatable bonds is 2. The van der Waals surface area contributed by atoms with Crippen molar-refractivity contribution in [1.29, 1.82) is 0 Å². The minimum Gasteiger partial charge on any atom is -0.530 e. The second kappa shape index (κ2) is 4.09. The Morgan fingerprint density at radius 1 is 1.57 bits per heavy atom. The summed E-state index contributed by atoms with van der Waals surface area (Å²) in [6.07, 6.45) is -1.28. The van der Waals surface area contributed by atoms with Crippen molar-refractivity contribution < 1.29 is 14.3 Å². The van der Waals surface area contributed by atoms with Crippen molar-refractivity contribution in [3.63, 3.8) is 0 Å². The van der Waals surface area contributed by atoms with E-state index in [2.05, 4.69) is 0 Å². The Bertz CT molecular complexity index is 352. The molecule has 1 amide bonds. The fourth-order valence-corrected chi connectivity index (χ4v) is 1.32. The Hall–Kier alpha value is -1.58. The van der Waals surface area contributed by atoms with Gasteiger partial charge in [0, 0.05) is 12.2 Å². The normalized spacial score (nSPS) is 9.93. The van der Waals surface area contributed by atoms with Gasteiger partial charge in [0.2, 0.25) is 0 Å². The van der Waals surface area contributed by atoms with Gasteiger partial charge < -0.3 is 14.8 Å². The Morgan fingerprint density at radius 2 is 2.21 bits per heavy atom. The smallest absolute Gasteiger partial charge is 0.141 e. The minimum absolute atomic E-state index is 0.287. The average molecular weight is 196 g/mol. The number of benzene rings is 1. The lowest BCUT2D eigenvalue weighted by Gasteiger charge is -2.25. The fourth-order valence-electron chi connectivity index (χ4n) is 1.32. The first kappa shape index (κ1) is 10.5. The quantitative estimate of drug-likeness (QED) is 0.715. The summed E-state index contributed by atoms with van der Waals surface area (Å²) in [4.78, 5) is 11.8. The fraction of sp³-hybridized carbons (Fsp3) is 0.300. The van der Waals surface area contributed by atoms with Crippen LogP contribution in [0.25, 0.3) is 0 Å². The number of anilines is 1. The van der Waals surface area contributed by atoms with Crippen LogP contribution in [-0.4, -0.2) is 12.6 Å². The van der Waals surface area contributed by atoms with E-state index >= 15 is 0 Å². The number of carbonyl (C=O) groups is 1. The lowest BCUT2D eigenvalue weighted by molar-refractivity contribution is -0.246. The van der Waals surface area contributed by atoms with Crippen molar-refractivity contribution in [3.8, 4) is 0 Å². The zero-order valence-corrected chi connectivity index (χ0v) is 8.08. The molecule has 0 aromatic heterocycles. The van der Waals surface area contributed by atoms with Crippen molar-refractivity contribution in [3.05, 3.63) is 29.6 Å². The summed E-state index contributed by atoms with van der Waals surface area (Å²) < 4.78 is 12.7. The number of hydrogen-bond donors (Lipinski definition) is 0. The monoisotopic (exact) mass is 196 g/mol. The third-order valence-corrected chi connectivity index (χ3v) is 1.99. The second-order valence-corrected chi connectivity index (χ2v) is 2.94. The molecule has 1 aromatic rings. The van der Waals surface area contributed by atoms with Crippen LogP contribution in [0.4, 0.5) is 14.9 Å². The maximum Gasteiger partial charge on any atom is 0.141 e. The summed E-state index contributed by atoms with van der Waals surface area (Å²) in [5.41, 5.74) is 1.05. The van der Waals surface area contributed by atoms with E-state index in [1.807, 2.05) is 0 Å². The minimum atomic E-state index is -1.28. The summed E-state index contributed by atoms with van der Waals surface area (Å²) >= 11 is 0. The van der Waals surface area contributed by atoms with Crippen LogP contribution in [0.15, 0.2) is 18.2 Å². The molecule has 1 rings (SSSR count). The van der Waals surface area contributed by atoms with Crippen LogP contribution >= 0.6 is 0 Å². The third kappa shape index (κ3) is 2.02. The van der Waals surface area contributed by atoms with E-state index in [1.54, 1.807) is 13.8 Å². The summed E-state index contributed by atoms with van der Waals surface area (Å²) in [6, 6.07) is 3.96. The molecule has 0 bridgehead atoms. The van der Waals surface area contributed by atoms with Gasteiger partial charge in [0.1, 0.15) is 11.9 Å². The molecular weight excluding hydrogens is 185 g/mol. The molecule has 14 heavy (non-hydrogen) atoms. The molecule has 0 unspecified atom stereocenters. The SMILES string of the molecule is CCN(C(=O)[O-])c1ccc(F)cc1C. The van der Waals surface area contributed by atoms with Gasteiger partial charge in [-0.3, -0.25) is 0 Å². The van der Waals surface area contributed by atoms with Gasteiger partial charge in [-0.15, -0.1) is 0 Å². The molecule has 0 saturated heterocycles. The summed E-state index contributed by atoms with van der Waals surface area (Å²) in [5, 5.41) is 10.7. The molecule has 76 valence electrons. The zero-order chi connectivity index (χ0) is 10.7. The largest absolute Gasteiger partial charge is 0.530 e. The molecule has 0 heterocycles. The van der Waals surface area contributed by atoms with Gasteiger partial charge in [-0.25, -0.2) is 4.39 Å². The van der Waals surface area contributed by atoms with Crippen LogP contribution in [0.2, 0.25) is 0 Å². The van der Waals surface area contributed by atoms with Gasteiger partial charge in [-0.05, 0) is 37.6 Å². The highest BCUT2D eigenvalue weighted by Gasteiger charge is 2.08. The zero-order valence-electron chi connectivity index (χ0n) is 8.08. The number of nitrogens with zero attached hydrogens (tertiary/aromatic N) is 1. The van der Waals surface area contributed by atoms with E-state index < -0.39 is 6.09 Å². The van der Waals surface area contributed by atoms with E-state index in [1.165, 1.54) is 18.2 Å². The molecule has 4 heteroatoms. The predicted octanol–water partition coefficient (Wildman–Crippen LogP) is 1.30. The van der Waals surface area contributed by atoms with Crippen molar-refractivity contribution in [1.82, 2.24) is 0 Å². The summed E-state index contributed by atoms with van der Waals surface area (Å²) in [7, 11) is 0. The standard InChI is InChI=1S/C10H12FNO2/c1-3-12(10(13)14)9-5-4-8(11)6-7(9)2/h4-6H,3H2,1-2H3,(H,13,14)/p-1. The van der Waals surface area contributed by atoms with Gasteiger partial charge in [0.25, 0.3) is 0 Å². The number of carbonyl (C=O) groups excluding carboxylic acids is 1. The number of amides is 1. The van der Waals surface area contributed by atoms with E-state index in [0.717, 1.165) is 4.90 Å². The second-order valence-electron chi connectivity index (χ2n) is 2.94. The van der Waals surface area contributed by atoms with Crippen molar-refractivity contribution >= 4 is 11.8 Å². The lowest BCUT2D eigenvalue weighted by atomic mass is 10.2. The molecular formula is C10H11FNO2-. The molecule has 0 aliphatic heterocycles. The Morgan fingerprint density at radius 3 is 2.64 bits per heavy atom. The molecule has 0 fully saturated rings. The highest BCUT2D eigenvalue weighted by molar-refractivity contribution is 5.85. The molecule has 0 aliphatic rings. The molecule has 0 atom stereocenters. The van der Waals surface area contributed by atoms with Gasteiger partial charge in [0.05, 0.1) is 0 Å². The van der Waals surface area contributed by atoms with E-state index in [0.29, 0.717) is 11.3 Å². The highest BCUT2D eigenvalue weighted by Crippen LogP contribution is 2.20. The van der Waals surface area contributed by atoms with Crippen LogP contribution in [0, 0.1) is 12.7 Å². The van der Waals surface area contributed by atoms with Crippen LogP contribution in [-0.2, 0) is 0 Å². The highest BCUT2D eigenvalue weighted by atomic mass is 19.1. The number of hydrogen-bond acceptors (Lipinski definition) is 2. The first-order valence-corrected chi connectivity index (χ1v) is 4.31. The number of aryl methyl sites for hydroxylation is 1. The van der Waals surface area contributed by atoms with Crippen molar-refractivity contribution in [2.75, 3.05) is 11.4 Å². The first-order valence-electron chi connectivity index (χ1n) is 4.31. The van der Waals surface area contributed by atoms with Gasteiger partial charge >= 0.3 is 0 Å². The van der Waals surface area contributed by atoms with Gasteiger partial charge in [-0.2, -0.15) is 0 Å². The molecule has 0 aliphatic carbocycles. The van der Waals surface area contributed by atoms with Crippen LogP contribution in [0.3, 0.4) is 0 Å². The number of carboxylic acid groups (broad SMARTS) is 1. The van der Waals surface area contributed by atoms with E-state index in [4.69, 9.17) is 0 Å². The van der Waals surface area contributed by atoms with Crippen molar-refractivity contribution in [2.45, 2.75) is 13.8 Å². The van der Waals surface area contributed by atoms with Crippen LogP contribution in [0.1, 0.15) is 12.5 Å². The van der Waals surface area contributed by atoms with E-state index in [-0.39, 0.29) is 12.4 Å². The topological polar surface area (TPSA) is 43.4 Å². The molecule has 0 radical (unpaired) electrons. The maximum absolute atomic E-state index is 12.7. The molecule has 0 saturated carbocycles. The van der Waals surface area contributed by atoms with Crippen LogP contribution in [0.5, 0.6) is 0 Å². The van der Waals surface area contributed by atoms with Gasteiger partial charge in [0.15, 0.2) is 0 Å². The van der Waals surface area contributed by atoms with E-state index in [9.17, 15) is 14.3 Å². The number of halogens is 1.